The summed E-state index contributed by atoms with van der Waals surface area (Å²) in [5.41, 5.74) is 0. The molecule has 12 nitrogen and oxygen atoms in total. The third kappa shape index (κ3) is 17.6. The van der Waals surface area contributed by atoms with Crippen molar-refractivity contribution < 1.29 is 55.3 Å². The molecule has 0 unspecified atom stereocenters. The van der Waals surface area contributed by atoms with Crippen LogP contribution < -0.4 is 0 Å². The zero-order valence-corrected chi connectivity index (χ0v) is 17.9. The Morgan fingerprint density at radius 3 is 1.74 bits per heavy atom. The number of hydrogen-bond acceptors (Lipinski definition) is 11. The number of unbranched alkanes of at least 4 members (excludes halogenated alkanes) is 8. The Kier molecular flexibility index (Phi) is 14.3. The van der Waals surface area contributed by atoms with Gasteiger partial charge in [0, 0.05) is 18.6 Å². The van der Waals surface area contributed by atoms with Crippen molar-refractivity contribution in [3.63, 3.8) is 0 Å². The summed E-state index contributed by atoms with van der Waals surface area (Å²) in [5.74, 6) is -4.17. The molecule has 0 spiro atoms. The first-order chi connectivity index (χ1) is 14.6. The fraction of sp³-hybridized carbons (Fsp3) is 0.611. The van der Waals surface area contributed by atoms with Gasteiger partial charge in [0.2, 0.25) is 0 Å². The lowest BCUT2D eigenvalue weighted by Gasteiger charge is -2.05. The predicted octanol–water partition coefficient (Wildman–Crippen LogP) is 3.15. The van der Waals surface area contributed by atoms with Gasteiger partial charge in [0.05, 0.1) is 0 Å². The lowest BCUT2D eigenvalue weighted by Crippen LogP contribution is -2.21. The van der Waals surface area contributed by atoms with Crippen LogP contribution in [0.4, 0.5) is 9.59 Å². The van der Waals surface area contributed by atoms with Crippen molar-refractivity contribution in [3.05, 3.63) is 12.2 Å². The molecular weight excluding hydrogens is 440 g/mol. The van der Waals surface area contributed by atoms with E-state index in [1.165, 1.54) is 19.3 Å². The van der Waals surface area contributed by atoms with E-state index in [4.69, 9.17) is 5.11 Å². The second-order valence-electron chi connectivity index (χ2n) is 6.22. The number of rotatable bonds is 14. The van der Waals surface area contributed by atoms with Gasteiger partial charge in [-0.3, -0.25) is 8.98 Å². The van der Waals surface area contributed by atoms with E-state index in [-0.39, 0.29) is 12.5 Å². The fourth-order valence-electron chi connectivity index (χ4n) is 2.23. The first-order valence-corrected chi connectivity index (χ1v) is 10.9. The molecule has 0 aliphatic carbocycles. The SMILES string of the molecule is CCCCCCCCCCCC(=O)OS(=O)(=O)OC(=O)OC(=O)/C=C\C(=O)OC(=O)O. The molecule has 1 N–H and O–H groups in total. The van der Waals surface area contributed by atoms with E-state index in [1.807, 2.05) is 0 Å². The highest BCUT2D eigenvalue weighted by molar-refractivity contribution is 7.82. The maximum atomic E-state index is 11.5. The molecular formula is C18H26O12S. The van der Waals surface area contributed by atoms with Gasteiger partial charge in [0.25, 0.3) is 0 Å². The summed E-state index contributed by atoms with van der Waals surface area (Å²) in [6.07, 6.45) is 5.26. The van der Waals surface area contributed by atoms with E-state index in [0.717, 1.165) is 25.7 Å². The minimum atomic E-state index is -5.10. The van der Waals surface area contributed by atoms with E-state index in [9.17, 15) is 32.4 Å². The molecule has 0 saturated heterocycles. The van der Waals surface area contributed by atoms with E-state index in [2.05, 4.69) is 24.8 Å². The van der Waals surface area contributed by atoms with Crippen molar-refractivity contribution in [1.82, 2.24) is 0 Å². The van der Waals surface area contributed by atoms with Crippen LogP contribution in [0.1, 0.15) is 71.1 Å². The highest BCUT2D eigenvalue weighted by Crippen LogP contribution is 2.11. The number of carbonyl (C=O) groups is 5. The van der Waals surface area contributed by atoms with Crippen molar-refractivity contribution in [3.8, 4) is 0 Å². The van der Waals surface area contributed by atoms with Gasteiger partial charge in [-0.25, -0.2) is 19.2 Å². The highest BCUT2D eigenvalue weighted by atomic mass is 32.3. The molecule has 0 atom stereocenters. The van der Waals surface area contributed by atoms with Gasteiger partial charge in [-0.2, -0.15) is 0 Å². The molecule has 0 saturated carbocycles. The number of esters is 2. The molecule has 0 heterocycles. The molecule has 0 amide bonds. The van der Waals surface area contributed by atoms with Gasteiger partial charge < -0.3 is 18.8 Å². The van der Waals surface area contributed by atoms with Crippen LogP contribution in [-0.2, 0) is 42.6 Å². The Bertz CT molecular complexity index is 754. The van der Waals surface area contributed by atoms with Crippen LogP contribution in [0.2, 0.25) is 0 Å². The van der Waals surface area contributed by atoms with Crippen LogP contribution in [0.15, 0.2) is 12.2 Å². The van der Waals surface area contributed by atoms with Gasteiger partial charge in [0.15, 0.2) is 0 Å². The topological polar surface area (TPSA) is 177 Å². The van der Waals surface area contributed by atoms with Crippen molar-refractivity contribution in [2.24, 2.45) is 0 Å². The zero-order valence-electron chi connectivity index (χ0n) is 17.1. The monoisotopic (exact) mass is 466 g/mol. The largest absolute Gasteiger partial charge is 0.534 e. The summed E-state index contributed by atoms with van der Waals surface area (Å²) in [5, 5.41) is 8.15. The van der Waals surface area contributed by atoms with Crippen molar-refractivity contribution >= 4 is 40.6 Å². The lowest BCUT2D eigenvalue weighted by molar-refractivity contribution is -0.136. The smallest absolute Gasteiger partial charge is 0.449 e. The molecule has 0 aliphatic heterocycles. The standard InChI is InChI=1S/C18H26O12S/c1-2-3-4-5-6-7-8-9-10-11-16(21)29-31(25,26)30-18(24)28-15(20)13-12-14(19)27-17(22)23/h12-13H,2-11H2,1H3,(H,22,23)/b13-12-. The predicted molar refractivity (Wildman–Crippen MR) is 103 cm³/mol. The van der Waals surface area contributed by atoms with Gasteiger partial charge in [-0.1, -0.05) is 58.3 Å². The van der Waals surface area contributed by atoms with Crippen LogP contribution in [0.25, 0.3) is 0 Å². The minimum absolute atomic E-state index is 0.208. The average Bonchev–Trinajstić information content (AvgIpc) is 2.63. The van der Waals surface area contributed by atoms with Crippen LogP contribution in [-0.4, -0.2) is 43.7 Å². The molecule has 0 aliphatic rings. The third-order valence-corrected chi connectivity index (χ3v) is 4.31. The summed E-state index contributed by atoms with van der Waals surface area (Å²) in [6, 6.07) is 0. The van der Waals surface area contributed by atoms with Gasteiger partial charge in [-0.05, 0) is 6.42 Å². The van der Waals surface area contributed by atoms with Crippen LogP contribution in [0.3, 0.4) is 0 Å². The summed E-state index contributed by atoms with van der Waals surface area (Å²) in [4.78, 5) is 54.8. The Labute approximate surface area is 179 Å². The molecule has 0 aromatic heterocycles. The van der Waals surface area contributed by atoms with Crippen molar-refractivity contribution in [2.75, 3.05) is 0 Å². The van der Waals surface area contributed by atoms with Gasteiger partial charge in [-0.15, -0.1) is 8.42 Å². The molecule has 0 aromatic carbocycles. The van der Waals surface area contributed by atoms with E-state index in [0.29, 0.717) is 18.9 Å². The Morgan fingerprint density at radius 1 is 0.742 bits per heavy atom. The van der Waals surface area contributed by atoms with Crippen LogP contribution in [0, 0.1) is 0 Å². The first-order valence-electron chi connectivity index (χ1n) is 9.61. The molecule has 13 heteroatoms. The van der Waals surface area contributed by atoms with Crippen molar-refractivity contribution in [1.29, 1.82) is 0 Å². The number of carbonyl (C=O) groups excluding carboxylic acids is 4. The first kappa shape index (κ1) is 28.0. The lowest BCUT2D eigenvalue weighted by atomic mass is 10.1. The molecule has 176 valence electrons. The molecule has 0 radical (unpaired) electrons. The van der Waals surface area contributed by atoms with Crippen LogP contribution in [0.5, 0.6) is 0 Å². The van der Waals surface area contributed by atoms with Crippen molar-refractivity contribution in [2.45, 2.75) is 71.1 Å². The molecule has 0 rings (SSSR count). The van der Waals surface area contributed by atoms with E-state index >= 15 is 0 Å². The normalized spacial score (nSPS) is 11.0. The summed E-state index contributed by atoms with van der Waals surface area (Å²) >= 11 is 0. The summed E-state index contributed by atoms with van der Waals surface area (Å²) in [7, 11) is -5.10. The number of carboxylic acid groups (broad SMARTS) is 1. The maximum Gasteiger partial charge on any atom is 0.534 e. The second kappa shape index (κ2) is 15.8. The number of ether oxygens (including phenoxy) is 2. The van der Waals surface area contributed by atoms with Gasteiger partial charge >= 0.3 is 40.6 Å². The summed E-state index contributed by atoms with van der Waals surface area (Å²) in [6.45, 7) is 2.14. The Morgan fingerprint density at radius 2 is 1.23 bits per heavy atom. The molecule has 31 heavy (non-hydrogen) atoms. The highest BCUT2D eigenvalue weighted by Gasteiger charge is 2.25. The van der Waals surface area contributed by atoms with Crippen LogP contribution >= 0.6 is 0 Å². The zero-order chi connectivity index (χ0) is 23.7. The summed E-state index contributed by atoms with van der Waals surface area (Å²) < 4.78 is 38.2. The maximum absolute atomic E-state index is 11.5. The van der Waals surface area contributed by atoms with E-state index in [1.54, 1.807) is 0 Å². The molecule has 0 fully saturated rings. The second-order valence-corrected chi connectivity index (χ2v) is 7.37. The third-order valence-electron chi connectivity index (χ3n) is 3.58. The molecule has 0 aromatic rings. The van der Waals surface area contributed by atoms with Gasteiger partial charge in [0.1, 0.15) is 0 Å². The van der Waals surface area contributed by atoms with E-state index < -0.39 is 40.6 Å². The number of hydrogen-bond donors (Lipinski definition) is 1. The average molecular weight is 466 g/mol. The molecule has 0 bridgehead atoms. The Balaban J connectivity index is 4.11. The minimum Gasteiger partial charge on any atom is -0.449 e. The fourth-order valence-corrected chi connectivity index (χ4v) is 2.77. The quantitative estimate of drug-likeness (QED) is 0.171. The Hall–Kier alpha value is -2.96.